The molecule has 7 heteroatoms. The van der Waals surface area contributed by atoms with Gasteiger partial charge in [-0.15, -0.1) is 5.10 Å². The minimum absolute atomic E-state index is 0.0652. The Labute approximate surface area is 107 Å². The maximum atomic E-state index is 12.1. The molecular weight excluding hydrogens is 232 g/mol. The quantitative estimate of drug-likeness (QED) is 0.642. The van der Waals surface area contributed by atoms with Gasteiger partial charge in [-0.3, -0.25) is 4.79 Å². The van der Waals surface area contributed by atoms with Crippen molar-refractivity contribution in [2.75, 3.05) is 40.3 Å². The zero-order chi connectivity index (χ0) is 13.0. The lowest BCUT2D eigenvalue weighted by molar-refractivity contribution is 0.0788. The minimum atomic E-state index is -0.0652. The number of carbonyl (C=O) groups excluding carboxylic acids is 1. The maximum Gasteiger partial charge on any atom is 0.275 e. The number of amides is 1. The third kappa shape index (κ3) is 2.85. The summed E-state index contributed by atoms with van der Waals surface area (Å²) in [6.07, 6.45) is 2.67. The summed E-state index contributed by atoms with van der Waals surface area (Å²) in [7, 11) is 3.70. The van der Waals surface area contributed by atoms with Crippen LogP contribution in [-0.4, -0.2) is 66.1 Å². The first-order valence-corrected chi connectivity index (χ1v) is 6.25. The molecule has 0 aliphatic carbocycles. The lowest BCUT2D eigenvalue weighted by atomic mass is 10.2. The highest BCUT2D eigenvalue weighted by Gasteiger charge is 2.22. The van der Waals surface area contributed by atoms with Crippen LogP contribution in [0.1, 0.15) is 23.0 Å². The largest absolute Gasteiger partial charge is 0.340 e. The van der Waals surface area contributed by atoms with E-state index < -0.39 is 0 Å². The van der Waals surface area contributed by atoms with E-state index in [4.69, 9.17) is 0 Å². The number of rotatable bonds is 6. The second-order valence-electron chi connectivity index (χ2n) is 4.58. The molecule has 1 amide bonds. The Morgan fingerprint density at radius 3 is 3.06 bits per heavy atom. The van der Waals surface area contributed by atoms with Crippen molar-refractivity contribution in [2.45, 2.75) is 12.5 Å². The summed E-state index contributed by atoms with van der Waals surface area (Å²) in [5.41, 5.74) is 0.425. The van der Waals surface area contributed by atoms with E-state index >= 15 is 0 Å². The molecule has 0 aromatic carbocycles. The van der Waals surface area contributed by atoms with Crippen molar-refractivity contribution < 1.29 is 4.79 Å². The normalized spacial score (nSPS) is 15.4. The predicted molar refractivity (Wildman–Crippen MR) is 67.4 cm³/mol. The van der Waals surface area contributed by atoms with Gasteiger partial charge >= 0.3 is 0 Å². The number of nitrogens with one attached hydrogen (secondary N) is 2. The molecule has 0 bridgehead atoms. The molecule has 1 aliphatic heterocycles. The molecule has 0 atom stereocenters. The summed E-state index contributed by atoms with van der Waals surface area (Å²) in [6, 6.07) is 0.341. The van der Waals surface area contributed by atoms with Crippen LogP contribution in [-0.2, 0) is 0 Å². The topological polar surface area (TPSA) is 75.1 Å². The first-order chi connectivity index (χ1) is 8.72. The molecule has 100 valence electrons. The molecule has 0 saturated carbocycles. The zero-order valence-corrected chi connectivity index (χ0v) is 10.9. The van der Waals surface area contributed by atoms with E-state index in [-0.39, 0.29) is 5.91 Å². The van der Waals surface area contributed by atoms with Crippen LogP contribution in [0.15, 0.2) is 6.20 Å². The van der Waals surface area contributed by atoms with Crippen molar-refractivity contribution in [3.8, 4) is 0 Å². The SMILES string of the molecule is CNCCCN(C)C(=O)c1cn(C2CNC2)nn1. The number of hydrogen-bond donors (Lipinski definition) is 2. The average Bonchev–Trinajstić information content (AvgIpc) is 2.75. The van der Waals surface area contributed by atoms with Crippen LogP contribution in [0.25, 0.3) is 0 Å². The van der Waals surface area contributed by atoms with Gasteiger partial charge in [-0.25, -0.2) is 4.68 Å². The van der Waals surface area contributed by atoms with Gasteiger partial charge in [0.2, 0.25) is 0 Å². The number of hydrogen-bond acceptors (Lipinski definition) is 5. The highest BCUT2D eigenvalue weighted by atomic mass is 16.2. The van der Waals surface area contributed by atoms with Crippen LogP contribution < -0.4 is 10.6 Å². The molecule has 1 fully saturated rings. The van der Waals surface area contributed by atoms with Crippen molar-refractivity contribution in [2.24, 2.45) is 0 Å². The summed E-state index contributed by atoms with van der Waals surface area (Å²) in [5.74, 6) is -0.0652. The molecule has 2 heterocycles. The molecule has 0 unspecified atom stereocenters. The molecule has 2 rings (SSSR count). The van der Waals surface area contributed by atoms with Gasteiger partial charge in [0.05, 0.1) is 12.2 Å². The van der Waals surface area contributed by atoms with Crippen molar-refractivity contribution in [3.05, 3.63) is 11.9 Å². The Hall–Kier alpha value is -1.47. The van der Waals surface area contributed by atoms with Crippen LogP contribution in [0.3, 0.4) is 0 Å². The van der Waals surface area contributed by atoms with Crippen molar-refractivity contribution in [1.29, 1.82) is 0 Å². The monoisotopic (exact) mass is 252 g/mol. The Bertz CT molecular complexity index is 400. The van der Waals surface area contributed by atoms with Gasteiger partial charge in [0.1, 0.15) is 0 Å². The van der Waals surface area contributed by atoms with Gasteiger partial charge in [-0.1, -0.05) is 5.21 Å². The fourth-order valence-corrected chi connectivity index (χ4v) is 1.80. The average molecular weight is 252 g/mol. The van der Waals surface area contributed by atoms with Gasteiger partial charge < -0.3 is 15.5 Å². The standard InChI is InChI=1S/C11H20N6O/c1-12-4-3-5-16(2)11(18)10-8-17(15-14-10)9-6-13-7-9/h8-9,12-13H,3-7H2,1-2H3. The van der Waals surface area contributed by atoms with Crippen molar-refractivity contribution in [3.63, 3.8) is 0 Å². The minimum Gasteiger partial charge on any atom is -0.340 e. The molecule has 0 radical (unpaired) electrons. The zero-order valence-electron chi connectivity index (χ0n) is 10.9. The van der Waals surface area contributed by atoms with Crippen LogP contribution in [0.2, 0.25) is 0 Å². The van der Waals surface area contributed by atoms with Crippen molar-refractivity contribution in [1.82, 2.24) is 30.5 Å². The smallest absolute Gasteiger partial charge is 0.275 e. The summed E-state index contributed by atoms with van der Waals surface area (Å²) in [5, 5.41) is 14.2. The van der Waals surface area contributed by atoms with Gasteiger partial charge in [0.25, 0.3) is 5.91 Å². The van der Waals surface area contributed by atoms with Crippen LogP contribution >= 0.6 is 0 Å². The van der Waals surface area contributed by atoms with E-state index in [1.165, 1.54) is 0 Å². The first-order valence-electron chi connectivity index (χ1n) is 6.25. The van der Waals surface area contributed by atoms with Crippen LogP contribution in [0, 0.1) is 0 Å². The summed E-state index contributed by atoms with van der Waals surface area (Å²) < 4.78 is 1.77. The predicted octanol–water partition coefficient (Wildman–Crippen LogP) is -0.896. The van der Waals surface area contributed by atoms with E-state index in [1.807, 2.05) is 7.05 Å². The molecule has 18 heavy (non-hydrogen) atoms. The third-order valence-corrected chi connectivity index (χ3v) is 3.13. The van der Waals surface area contributed by atoms with E-state index in [0.717, 1.165) is 32.6 Å². The molecule has 1 aliphatic rings. The molecule has 1 aromatic heterocycles. The first kappa shape index (κ1) is 13.0. The number of aromatic nitrogens is 3. The molecule has 1 saturated heterocycles. The third-order valence-electron chi connectivity index (χ3n) is 3.13. The highest BCUT2D eigenvalue weighted by Crippen LogP contribution is 2.10. The highest BCUT2D eigenvalue weighted by molar-refractivity contribution is 5.91. The van der Waals surface area contributed by atoms with Crippen molar-refractivity contribution >= 4 is 5.91 Å². The molecule has 2 N–H and O–H groups in total. The summed E-state index contributed by atoms with van der Waals surface area (Å²) in [4.78, 5) is 13.7. The Morgan fingerprint density at radius 2 is 2.44 bits per heavy atom. The number of nitrogens with zero attached hydrogens (tertiary/aromatic N) is 4. The Morgan fingerprint density at radius 1 is 1.67 bits per heavy atom. The lowest BCUT2D eigenvalue weighted by Gasteiger charge is -2.26. The van der Waals surface area contributed by atoms with E-state index in [9.17, 15) is 4.79 Å². The van der Waals surface area contributed by atoms with Crippen LogP contribution in [0.4, 0.5) is 0 Å². The fourth-order valence-electron chi connectivity index (χ4n) is 1.80. The Balaban J connectivity index is 1.89. The second kappa shape index (κ2) is 5.92. The summed E-state index contributed by atoms with van der Waals surface area (Å²) in [6.45, 7) is 3.42. The molecular formula is C11H20N6O. The van der Waals surface area contributed by atoms with E-state index in [2.05, 4.69) is 20.9 Å². The molecule has 0 spiro atoms. The molecule has 1 aromatic rings. The number of carbonyl (C=O) groups is 1. The fraction of sp³-hybridized carbons (Fsp3) is 0.727. The van der Waals surface area contributed by atoms with E-state index in [0.29, 0.717) is 11.7 Å². The van der Waals surface area contributed by atoms with Gasteiger partial charge in [-0.05, 0) is 20.0 Å². The van der Waals surface area contributed by atoms with E-state index in [1.54, 1.807) is 22.8 Å². The van der Waals surface area contributed by atoms with Gasteiger partial charge in [-0.2, -0.15) is 0 Å². The lowest BCUT2D eigenvalue weighted by Crippen LogP contribution is -2.43. The second-order valence-corrected chi connectivity index (χ2v) is 4.58. The maximum absolute atomic E-state index is 12.1. The molecule has 7 nitrogen and oxygen atoms in total. The van der Waals surface area contributed by atoms with Gasteiger partial charge in [0, 0.05) is 26.7 Å². The van der Waals surface area contributed by atoms with Gasteiger partial charge in [0.15, 0.2) is 5.69 Å². The summed E-state index contributed by atoms with van der Waals surface area (Å²) >= 11 is 0. The van der Waals surface area contributed by atoms with Crippen LogP contribution in [0.5, 0.6) is 0 Å². The Kier molecular flexibility index (Phi) is 4.27.